The molecule has 0 amide bonds. The predicted molar refractivity (Wildman–Crippen MR) is 112 cm³/mol. The van der Waals surface area contributed by atoms with E-state index in [2.05, 4.69) is 15.9 Å². The zero-order chi connectivity index (χ0) is 22.1. The topological polar surface area (TPSA) is 89.5 Å². The number of carbonyl (C=O) groups is 2. The lowest BCUT2D eigenvalue weighted by atomic mass is 9.95. The first kappa shape index (κ1) is 23.7. The Morgan fingerprint density at radius 2 is 1.53 bits per heavy atom. The molecule has 0 radical (unpaired) electrons. The Labute approximate surface area is 183 Å². The van der Waals surface area contributed by atoms with Crippen molar-refractivity contribution < 1.29 is 38.0 Å². The van der Waals surface area contributed by atoms with Crippen molar-refractivity contribution in [1.82, 2.24) is 0 Å². The lowest BCUT2D eigenvalue weighted by Gasteiger charge is -2.19. The fourth-order valence-corrected chi connectivity index (χ4v) is 3.17. The number of halogens is 1. The van der Waals surface area contributed by atoms with Crippen molar-refractivity contribution >= 4 is 27.7 Å². The number of hydrogen-bond donors (Lipinski definition) is 0. The van der Waals surface area contributed by atoms with Gasteiger partial charge in [0.1, 0.15) is 22.1 Å². The van der Waals surface area contributed by atoms with Gasteiger partial charge in [0, 0.05) is 25.8 Å². The Bertz CT molecular complexity index is 866. The summed E-state index contributed by atoms with van der Waals surface area (Å²) >= 11 is 3.31. The first-order chi connectivity index (χ1) is 14.5. The van der Waals surface area contributed by atoms with E-state index in [0.717, 1.165) is 0 Å². The molecule has 0 aliphatic rings. The van der Waals surface area contributed by atoms with Gasteiger partial charge in [-0.15, -0.1) is 0 Å². The maximum absolute atomic E-state index is 13.4. The summed E-state index contributed by atoms with van der Waals surface area (Å²) in [6.45, 7) is -0.138. The van der Waals surface area contributed by atoms with Crippen LogP contribution < -0.4 is 14.2 Å². The molecule has 8 nitrogen and oxygen atoms in total. The minimum Gasteiger partial charge on any atom is -0.497 e. The summed E-state index contributed by atoms with van der Waals surface area (Å²) in [5.74, 6) is 0.205. The standard InChI is InChI=1S/C21H23BrO8/c1-25-11-29-15-9-16(19(22)21(24)28-4)18(17(10-15)30-12-26-2)20(23)13-5-7-14(27-3)8-6-13/h5-10,19H,11-12H2,1-4H3. The second-order valence-electron chi connectivity index (χ2n) is 5.93. The second-order valence-corrected chi connectivity index (χ2v) is 6.85. The predicted octanol–water partition coefficient (Wildman–Crippen LogP) is 3.50. The maximum Gasteiger partial charge on any atom is 0.324 e. The Kier molecular flexibility index (Phi) is 9.10. The normalized spacial score (nSPS) is 11.5. The monoisotopic (exact) mass is 482 g/mol. The molecule has 0 heterocycles. The number of alkyl halides is 1. The molecule has 162 valence electrons. The van der Waals surface area contributed by atoms with Crippen LogP contribution in [0.25, 0.3) is 0 Å². The molecule has 0 fully saturated rings. The van der Waals surface area contributed by atoms with E-state index in [1.807, 2.05) is 0 Å². The summed E-state index contributed by atoms with van der Waals surface area (Å²) in [4.78, 5) is 24.7. The highest BCUT2D eigenvalue weighted by Crippen LogP contribution is 2.38. The summed E-state index contributed by atoms with van der Waals surface area (Å²) < 4.78 is 31.0. The molecule has 0 bridgehead atoms. The van der Waals surface area contributed by atoms with Crippen LogP contribution in [-0.2, 0) is 19.0 Å². The van der Waals surface area contributed by atoms with Gasteiger partial charge < -0.3 is 28.4 Å². The minimum absolute atomic E-state index is 0.0277. The molecule has 0 aliphatic carbocycles. The molecular formula is C21H23BrO8. The first-order valence-corrected chi connectivity index (χ1v) is 9.70. The number of esters is 1. The van der Waals surface area contributed by atoms with E-state index in [-0.39, 0.29) is 30.7 Å². The van der Waals surface area contributed by atoms with Crippen LogP contribution in [0.3, 0.4) is 0 Å². The SMILES string of the molecule is COCOc1cc(OCOC)c(C(=O)c2ccc(OC)cc2)c(C(Br)C(=O)OC)c1. The molecule has 0 N–H and O–H groups in total. The molecule has 0 spiro atoms. The third kappa shape index (κ3) is 5.71. The van der Waals surface area contributed by atoms with Gasteiger partial charge in [-0.2, -0.15) is 0 Å². The van der Waals surface area contributed by atoms with Crippen molar-refractivity contribution in [3.8, 4) is 17.2 Å². The Morgan fingerprint density at radius 1 is 0.900 bits per heavy atom. The van der Waals surface area contributed by atoms with Gasteiger partial charge in [0.05, 0.1) is 19.8 Å². The van der Waals surface area contributed by atoms with Gasteiger partial charge >= 0.3 is 5.97 Å². The van der Waals surface area contributed by atoms with E-state index in [9.17, 15) is 9.59 Å². The van der Waals surface area contributed by atoms with Gasteiger partial charge in [0.25, 0.3) is 0 Å². The first-order valence-electron chi connectivity index (χ1n) is 8.78. The number of benzene rings is 2. The van der Waals surface area contributed by atoms with Crippen molar-refractivity contribution in [3.05, 3.63) is 53.1 Å². The van der Waals surface area contributed by atoms with Crippen LogP contribution in [0.2, 0.25) is 0 Å². The maximum atomic E-state index is 13.4. The summed E-state index contributed by atoms with van der Waals surface area (Å²) in [5.41, 5.74) is 0.881. The van der Waals surface area contributed by atoms with Crippen LogP contribution in [0.5, 0.6) is 17.2 Å². The Hall–Kier alpha value is -2.62. The highest BCUT2D eigenvalue weighted by molar-refractivity contribution is 9.09. The molecule has 30 heavy (non-hydrogen) atoms. The number of ketones is 1. The van der Waals surface area contributed by atoms with E-state index >= 15 is 0 Å². The summed E-state index contributed by atoms with van der Waals surface area (Å²) in [6.07, 6.45) is 0. The highest BCUT2D eigenvalue weighted by Gasteiger charge is 2.29. The molecule has 2 aromatic rings. The molecular weight excluding hydrogens is 460 g/mol. The third-order valence-corrected chi connectivity index (χ3v) is 4.91. The Balaban J connectivity index is 2.64. The fraction of sp³-hybridized carbons (Fsp3) is 0.333. The molecule has 0 aliphatic heterocycles. The van der Waals surface area contributed by atoms with Crippen molar-refractivity contribution in [2.45, 2.75) is 4.83 Å². The van der Waals surface area contributed by atoms with Crippen molar-refractivity contribution in [1.29, 1.82) is 0 Å². The van der Waals surface area contributed by atoms with Gasteiger partial charge in [0.2, 0.25) is 0 Å². The van der Waals surface area contributed by atoms with E-state index in [1.165, 1.54) is 34.5 Å². The number of hydrogen-bond acceptors (Lipinski definition) is 8. The van der Waals surface area contributed by atoms with Crippen LogP contribution in [0, 0.1) is 0 Å². The van der Waals surface area contributed by atoms with Crippen LogP contribution >= 0.6 is 15.9 Å². The summed E-state index contributed by atoms with van der Waals surface area (Å²) in [5, 5.41) is 0. The van der Waals surface area contributed by atoms with Gasteiger partial charge in [-0.05, 0) is 35.9 Å². The summed E-state index contributed by atoms with van der Waals surface area (Å²) in [6, 6.07) is 9.69. The zero-order valence-corrected chi connectivity index (χ0v) is 18.7. The van der Waals surface area contributed by atoms with Gasteiger partial charge in [-0.25, -0.2) is 0 Å². The lowest BCUT2D eigenvalue weighted by Crippen LogP contribution is -2.16. The van der Waals surface area contributed by atoms with E-state index < -0.39 is 10.8 Å². The van der Waals surface area contributed by atoms with E-state index in [4.69, 9.17) is 28.4 Å². The average molecular weight is 483 g/mol. The number of methoxy groups -OCH3 is 4. The van der Waals surface area contributed by atoms with E-state index in [0.29, 0.717) is 22.6 Å². The molecule has 1 unspecified atom stereocenters. The van der Waals surface area contributed by atoms with Gasteiger partial charge in [-0.3, -0.25) is 9.59 Å². The average Bonchev–Trinajstić information content (AvgIpc) is 2.79. The highest BCUT2D eigenvalue weighted by atomic mass is 79.9. The van der Waals surface area contributed by atoms with Crippen LogP contribution in [0.1, 0.15) is 26.3 Å². The van der Waals surface area contributed by atoms with Gasteiger partial charge in [0.15, 0.2) is 19.4 Å². The molecule has 0 aromatic heterocycles. The molecule has 2 rings (SSSR count). The number of carbonyl (C=O) groups excluding carboxylic acids is 2. The van der Waals surface area contributed by atoms with Crippen molar-refractivity contribution in [2.24, 2.45) is 0 Å². The molecule has 9 heteroatoms. The Morgan fingerprint density at radius 3 is 2.10 bits per heavy atom. The largest absolute Gasteiger partial charge is 0.497 e. The van der Waals surface area contributed by atoms with E-state index in [1.54, 1.807) is 30.3 Å². The van der Waals surface area contributed by atoms with Crippen molar-refractivity contribution in [3.63, 3.8) is 0 Å². The molecule has 2 aromatic carbocycles. The summed E-state index contributed by atoms with van der Waals surface area (Å²) in [7, 11) is 5.73. The lowest BCUT2D eigenvalue weighted by molar-refractivity contribution is -0.139. The van der Waals surface area contributed by atoms with Crippen LogP contribution in [-0.4, -0.2) is 53.8 Å². The third-order valence-electron chi connectivity index (χ3n) is 4.04. The quantitative estimate of drug-likeness (QED) is 0.208. The number of ether oxygens (including phenoxy) is 6. The fourth-order valence-electron chi connectivity index (χ4n) is 2.62. The van der Waals surface area contributed by atoms with Gasteiger partial charge in [-0.1, -0.05) is 15.9 Å². The smallest absolute Gasteiger partial charge is 0.324 e. The van der Waals surface area contributed by atoms with Crippen molar-refractivity contribution in [2.75, 3.05) is 42.0 Å². The number of rotatable bonds is 11. The molecule has 1 atom stereocenters. The second kappa shape index (κ2) is 11.5. The van der Waals surface area contributed by atoms with Crippen LogP contribution in [0.4, 0.5) is 0 Å². The molecule has 0 saturated carbocycles. The zero-order valence-electron chi connectivity index (χ0n) is 17.1. The molecule has 0 saturated heterocycles. The van der Waals surface area contributed by atoms with Crippen LogP contribution in [0.15, 0.2) is 36.4 Å². The minimum atomic E-state index is -0.935.